The maximum atomic E-state index is 12.5. The van der Waals surface area contributed by atoms with Gasteiger partial charge in [-0.3, -0.25) is 14.6 Å². The summed E-state index contributed by atoms with van der Waals surface area (Å²) < 4.78 is 10.2. The van der Waals surface area contributed by atoms with Crippen LogP contribution in [0.4, 0.5) is 0 Å². The summed E-state index contributed by atoms with van der Waals surface area (Å²) in [6, 6.07) is 9.31. The lowest BCUT2D eigenvalue weighted by Crippen LogP contribution is -2.17. The molecule has 0 saturated carbocycles. The van der Waals surface area contributed by atoms with Crippen molar-refractivity contribution in [2.45, 2.75) is 27.2 Å². The van der Waals surface area contributed by atoms with Crippen LogP contribution in [-0.2, 0) is 20.7 Å². The van der Waals surface area contributed by atoms with Gasteiger partial charge in [0.05, 0.1) is 29.8 Å². The third-order valence-corrected chi connectivity index (χ3v) is 4.61. The maximum Gasteiger partial charge on any atom is 0.340 e. The minimum Gasteiger partial charge on any atom is -0.462 e. The molecule has 0 saturated heterocycles. The number of pyridine rings is 1. The Bertz CT molecular complexity index is 1080. The molecule has 0 aliphatic heterocycles. The number of nitrogens with zero attached hydrogens (tertiary/aromatic N) is 1. The first-order chi connectivity index (χ1) is 13.9. The number of ether oxygens (including phenoxy) is 2. The maximum absolute atomic E-state index is 12.5. The number of hydrogen-bond donors (Lipinski definition) is 1. The highest BCUT2D eigenvalue weighted by Gasteiger charge is 2.23. The predicted octanol–water partition coefficient (Wildman–Crippen LogP) is 3.33. The van der Waals surface area contributed by atoms with Crippen molar-refractivity contribution in [2.24, 2.45) is 0 Å². The van der Waals surface area contributed by atoms with Gasteiger partial charge in [0.1, 0.15) is 0 Å². The van der Waals surface area contributed by atoms with Gasteiger partial charge in [-0.25, -0.2) is 4.79 Å². The first-order valence-electron chi connectivity index (χ1n) is 9.30. The Kier molecular flexibility index (Phi) is 6.07. The Morgan fingerprint density at radius 3 is 2.59 bits per heavy atom. The molecular weight excluding hydrogens is 372 g/mol. The molecule has 3 aromatic rings. The number of aromatic nitrogens is 2. The summed E-state index contributed by atoms with van der Waals surface area (Å²) in [6.45, 7) is 4.89. The average Bonchev–Trinajstić information content (AvgIpc) is 3.01. The molecule has 2 aromatic heterocycles. The Labute approximate surface area is 168 Å². The topological polar surface area (TPSA) is 98.4 Å². The second-order valence-corrected chi connectivity index (χ2v) is 6.60. The molecule has 7 heteroatoms. The first-order valence-corrected chi connectivity index (χ1v) is 9.30. The quantitative estimate of drug-likeness (QED) is 0.488. The van der Waals surface area contributed by atoms with Crippen molar-refractivity contribution in [1.29, 1.82) is 0 Å². The van der Waals surface area contributed by atoms with Gasteiger partial charge in [0, 0.05) is 17.3 Å². The van der Waals surface area contributed by atoms with Gasteiger partial charge in [-0.1, -0.05) is 24.3 Å². The van der Waals surface area contributed by atoms with E-state index in [0.717, 1.165) is 16.5 Å². The van der Waals surface area contributed by atoms with Gasteiger partial charge in [0.2, 0.25) is 5.78 Å². The molecule has 0 bridgehead atoms. The molecule has 0 spiro atoms. The smallest absolute Gasteiger partial charge is 0.340 e. The van der Waals surface area contributed by atoms with Crippen LogP contribution in [0.2, 0.25) is 0 Å². The number of benzene rings is 1. The Morgan fingerprint density at radius 1 is 1.07 bits per heavy atom. The number of carbonyl (C=O) groups is 3. The second-order valence-electron chi connectivity index (χ2n) is 6.60. The summed E-state index contributed by atoms with van der Waals surface area (Å²) in [5.41, 5.74) is 3.07. The van der Waals surface area contributed by atoms with Crippen molar-refractivity contribution < 1.29 is 23.9 Å². The van der Waals surface area contributed by atoms with E-state index in [1.54, 1.807) is 27.0 Å². The van der Waals surface area contributed by atoms with E-state index in [1.807, 2.05) is 30.3 Å². The predicted molar refractivity (Wildman–Crippen MR) is 107 cm³/mol. The van der Waals surface area contributed by atoms with Crippen LogP contribution in [0.15, 0.2) is 36.5 Å². The van der Waals surface area contributed by atoms with E-state index in [2.05, 4.69) is 9.97 Å². The fourth-order valence-corrected chi connectivity index (χ4v) is 3.27. The van der Waals surface area contributed by atoms with Crippen LogP contribution < -0.4 is 0 Å². The molecular formula is C22H22N2O5. The molecule has 2 heterocycles. The van der Waals surface area contributed by atoms with Crippen LogP contribution in [0, 0.1) is 13.8 Å². The fourth-order valence-electron chi connectivity index (χ4n) is 3.27. The molecule has 1 N–H and O–H groups in total. The van der Waals surface area contributed by atoms with Gasteiger partial charge in [-0.05, 0) is 38.0 Å². The SMILES string of the molecule is CCOC(=O)c1c(C)[nH]c(C(=O)COC(=O)Cc2cccc3cccnc23)c1C. The van der Waals surface area contributed by atoms with E-state index in [-0.39, 0.29) is 18.7 Å². The molecule has 1 aromatic carbocycles. The van der Waals surface area contributed by atoms with E-state index >= 15 is 0 Å². The third-order valence-electron chi connectivity index (χ3n) is 4.61. The van der Waals surface area contributed by atoms with Crippen molar-refractivity contribution in [3.63, 3.8) is 0 Å². The lowest BCUT2D eigenvalue weighted by molar-refractivity contribution is -0.141. The summed E-state index contributed by atoms with van der Waals surface area (Å²) in [4.78, 5) is 44.0. The van der Waals surface area contributed by atoms with Crippen molar-refractivity contribution in [3.8, 4) is 0 Å². The van der Waals surface area contributed by atoms with Crippen LogP contribution in [0.5, 0.6) is 0 Å². The summed E-state index contributed by atoms with van der Waals surface area (Å²) in [7, 11) is 0. The number of ketones is 1. The van der Waals surface area contributed by atoms with Crippen molar-refractivity contribution in [3.05, 3.63) is 64.6 Å². The fraction of sp³-hybridized carbons (Fsp3) is 0.273. The molecule has 0 atom stereocenters. The highest BCUT2D eigenvalue weighted by molar-refractivity contribution is 6.02. The summed E-state index contributed by atoms with van der Waals surface area (Å²) in [5.74, 6) is -1.42. The zero-order valence-corrected chi connectivity index (χ0v) is 16.6. The molecule has 0 amide bonds. The van der Waals surface area contributed by atoms with Crippen LogP contribution in [0.1, 0.15) is 44.6 Å². The number of H-pyrrole nitrogens is 1. The van der Waals surface area contributed by atoms with E-state index in [0.29, 0.717) is 16.8 Å². The zero-order valence-electron chi connectivity index (χ0n) is 16.6. The number of hydrogen-bond acceptors (Lipinski definition) is 6. The molecule has 0 aliphatic carbocycles. The van der Waals surface area contributed by atoms with Gasteiger partial charge >= 0.3 is 11.9 Å². The van der Waals surface area contributed by atoms with Gasteiger partial charge < -0.3 is 14.5 Å². The molecule has 0 aliphatic rings. The zero-order chi connectivity index (χ0) is 21.0. The number of nitrogens with one attached hydrogen (secondary N) is 1. The standard InChI is InChI=1S/C22H22N2O5/c1-4-28-22(27)19-13(2)20(24-14(19)3)17(25)12-29-18(26)11-16-8-5-7-15-9-6-10-23-21(15)16/h5-10,24H,4,11-12H2,1-3H3. The van der Waals surface area contributed by atoms with Crippen molar-refractivity contribution >= 4 is 28.6 Å². The number of fused-ring (bicyclic) bond motifs is 1. The van der Waals surface area contributed by atoms with Gasteiger partial charge in [-0.15, -0.1) is 0 Å². The number of rotatable bonds is 7. The van der Waals surface area contributed by atoms with Gasteiger partial charge in [0.15, 0.2) is 6.61 Å². The van der Waals surface area contributed by atoms with E-state index in [9.17, 15) is 14.4 Å². The largest absolute Gasteiger partial charge is 0.462 e. The van der Waals surface area contributed by atoms with Crippen LogP contribution in [-0.4, -0.2) is 40.9 Å². The van der Waals surface area contributed by atoms with Crippen LogP contribution in [0.3, 0.4) is 0 Å². The monoisotopic (exact) mass is 394 g/mol. The van der Waals surface area contributed by atoms with Crippen LogP contribution in [0.25, 0.3) is 10.9 Å². The number of aryl methyl sites for hydroxylation is 1. The molecule has 150 valence electrons. The van der Waals surface area contributed by atoms with Gasteiger partial charge in [-0.2, -0.15) is 0 Å². The Balaban J connectivity index is 1.67. The number of aromatic amines is 1. The average molecular weight is 394 g/mol. The normalized spacial score (nSPS) is 10.7. The lowest BCUT2D eigenvalue weighted by Gasteiger charge is -2.07. The number of para-hydroxylation sites is 1. The Morgan fingerprint density at radius 2 is 1.83 bits per heavy atom. The van der Waals surface area contributed by atoms with Crippen molar-refractivity contribution in [2.75, 3.05) is 13.2 Å². The van der Waals surface area contributed by atoms with E-state index in [1.165, 1.54) is 0 Å². The third kappa shape index (κ3) is 4.34. The number of carbonyl (C=O) groups excluding carboxylic acids is 3. The summed E-state index contributed by atoms with van der Waals surface area (Å²) >= 11 is 0. The number of Topliss-reactive ketones (excluding diaryl/α,β-unsaturated/α-hetero) is 1. The second kappa shape index (κ2) is 8.68. The molecule has 29 heavy (non-hydrogen) atoms. The first kappa shape index (κ1) is 20.3. The minimum absolute atomic E-state index is 0.0123. The van der Waals surface area contributed by atoms with Gasteiger partial charge in [0.25, 0.3) is 0 Å². The van der Waals surface area contributed by atoms with Crippen LogP contribution >= 0.6 is 0 Å². The Hall–Kier alpha value is -3.48. The molecule has 0 radical (unpaired) electrons. The number of esters is 2. The molecule has 0 fully saturated rings. The van der Waals surface area contributed by atoms with E-state index < -0.39 is 24.3 Å². The summed E-state index contributed by atoms with van der Waals surface area (Å²) in [5, 5.41) is 0.929. The highest BCUT2D eigenvalue weighted by atomic mass is 16.5. The highest BCUT2D eigenvalue weighted by Crippen LogP contribution is 2.20. The summed E-state index contributed by atoms with van der Waals surface area (Å²) in [6.07, 6.45) is 1.68. The van der Waals surface area contributed by atoms with Crippen molar-refractivity contribution in [1.82, 2.24) is 9.97 Å². The molecule has 3 rings (SSSR count). The molecule has 0 unspecified atom stereocenters. The lowest BCUT2D eigenvalue weighted by atomic mass is 10.1. The minimum atomic E-state index is -0.525. The molecule has 7 nitrogen and oxygen atoms in total. The van der Waals surface area contributed by atoms with E-state index in [4.69, 9.17) is 9.47 Å².